The van der Waals surface area contributed by atoms with Crippen LogP contribution in [0.25, 0.3) is 0 Å². The molecule has 1 N–H and O–H groups in total. The predicted molar refractivity (Wildman–Crippen MR) is 79.7 cm³/mol. The summed E-state index contributed by atoms with van der Waals surface area (Å²) >= 11 is 1.82. The maximum atomic E-state index is 12.5. The summed E-state index contributed by atoms with van der Waals surface area (Å²) in [7, 11) is 0. The van der Waals surface area contributed by atoms with E-state index in [1.807, 2.05) is 23.9 Å². The minimum atomic E-state index is -4.28. The molecule has 1 heterocycles. The minimum Gasteiger partial charge on any atom is -0.384 e. The van der Waals surface area contributed by atoms with Crippen LogP contribution in [0.1, 0.15) is 11.1 Å². The molecule has 0 radical (unpaired) electrons. The second kappa shape index (κ2) is 5.64. The average molecular weight is 309 g/mol. The van der Waals surface area contributed by atoms with Crippen LogP contribution in [0.2, 0.25) is 0 Å². The van der Waals surface area contributed by atoms with Crippen LogP contribution in [0.15, 0.2) is 53.4 Å². The van der Waals surface area contributed by atoms with Crippen molar-refractivity contribution in [3.05, 3.63) is 59.7 Å². The molecule has 0 aliphatic carbocycles. The second-order valence-corrected chi connectivity index (χ2v) is 6.35. The fourth-order valence-corrected chi connectivity index (χ4v) is 3.63. The van der Waals surface area contributed by atoms with E-state index in [0.29, 0.717) is 5.25 Å². The van der Waals surface area contributed by atoms with E-state index >= 15 is 0 Å². The van der Waals surface area contributed by atoms with Gasteiger partial charge in [0.2, 0.25) is 0 Å². The van der Waals surface area contributed by atoms with Crippen LogP contribution >= 0.6 is 11.8 Å². The molecule has 0 bridgehead atoms. The molecule has 0 spiro atoms. The first kappa shape index (κ1) is 14.3. The van der Waals surface area contributed by atoms with Crippen molar-refractivity contribution < 1.29 is 13.2 Å². The number of halogens is 3. The van der Waals surface area contributed by atoms with Crippen LogP contribution in [-0.2, 0) is 12.6 Å². The Kier molecular flexibility index (Phi) is 3.85. The highest BCUT2D eigenvalue weighted by molar-refractivity contribution is 8.00. The normalized spacial score (nSPS) is 17.6. The molecule has 0 fully saturated rings. The quantitative estimate of drug-likeness (QED) is 0.871. The van der Waals surface area contributed by atoms with Crippen molar-refractivity contribution in [3.63, 3.8) is 0 Å². The Bertz CT molecular complexity index is 597. The van der Waals surface area contributed by atoms with Crippen LogP contribution < -0.4 is 5.32 Å². The molecule has 0 saturated heterocycles. The van der Waals surface area contributed by atoms with E-state index < -0.39 is 11.7 Å². The third kappa shape index (κ3) is 3.35. The number of alkyl halides is 3. The van der Waals surface area contributed by atoms with Crippen molar-refractivity contribution in [2.45, 2.75) is 22.7 Å². The number of thioether (sulfide) groups is 1. The molecule has 1 aliphatic heterocycles. The SMILES string of the molecule is FC(F)(F)c1ccc(NCC2Cc3ccccc3S2)cc1. The van der Waals surface area contributed by atoms with E-state index in [1.165, 1.54) is 22.6 Å². The van der Waals surface area contributed by atoms with E-state index in [-0.39, 0.29) is 0 Å². The smallest absolute Gasteiger partial charge is 0.384 e. The van der Waals surface area contributed by atoms with Gasteiger partial charge in [-0.1, -0.05) is 18.2 Å². The summed E-state index contributed by atoms with van der Waals surface area (Å²) in [6.07, 6.45) is -3.28. The maximum absolute atomic E-state index is 12.5. The predicted octanol–water partition coefficient (Wildman–Crippen LogP) is 4.83. The summed E-state index contributed by atoms with van der Waals surface area (Å²) in [5, 5.41) is 3.63. The highest BCUT2D eigenvalue weighted by Crippen LogP contribution is 2.36. The lowest BCUT2D eigenvalue weighted by Crippen LogP contribution is -2.15. The maximum Gasteiger partial charge on any atom is 0.416 e. The number of anilines is 1. The number of hydrogen-bond acceptors (Lipinski definition) is 2. The molecular weight excluding hydrogens is 295 g/mol. The Morgan fingerprint density at radius 1 is 1.05 bits per heavy atom. The third-order valence-corrected chi connectivity index (χ3v) is 4.78. The summed E-state index contributed by atoms with van der Waals surface area (Å²) in [6, 6.07) is 13.5. The lowest BCUT2D eigenvalue weighted by molar-refractivity contribution is -0.137. The third-order valence-electron chi connectivity index (χ3n) is 3.46. The van der Waals surface area contributed by atoms with Gasteiger partial charge in [0.15, 0.2) is 0 Å². The standard InChI is InChI=1S/C16H14F3NS/c17-16(18,19)12-5-7-13(8-6-12)20-10-14-9-11-3-1-2-4-15(11)21-14/h1-8,14,20H,9-10H2. The van der Waals surface area contributed by atoms with Crippen molar-refractivity contribution in [1.82, 2.24) is 0 Å². The minimum absolute atomic E-state index is 0.421. The van der Waals surface area contributed by atoms with Crippen LogP contribution in [0.4, 0.5) is 18.9 Å². The zero-order chi connectivity index (χ0) is 14.9. The fourth-order valence-electron chi connectivity index (χ4n) is 2.38. The van der Waals surface area contributed by atoms with Crippen molar-refractivity contribution in [2.75, 3.05) is 11.9 Å². The molecule has 0 amide bonds. The zero-order valence-corrected chi connectivity index (χ0v) is 12.0. The number of rotatable bonds is 3. The van der Waals surface area contributed by atoms with Gasteiger partial charge in [-0.3, -0.25) is 0 Å². The molecule has 2 aromatic carbocycles. The summed E-state index contributed by atoms with van der Waals surface area (Å²) in [5.74, 6) is 0. The van der Waals surface area contributed by atoms with E-state index in [1.54, 1.807) is 0 Å². The topological polar surface area (TPSA) is 12.0 Å². The van der Waals surface area contributed by atoms with Crippen LogP contribution in [0.5, 0.6) is 0 Å². The van der Waals surface area contributed by atoms with Crippen LogP contribution in [0, 0.1) is 0 Å². The van der Waals surface area contributed by atoms with Gasteiger partial charge in [0, 0.05) is 22.4 Å². The van der Waals surface area contributed by atoms with E-state index in [0.717, 1.165) is 30.8 Å². The largest absolute Gasteiger partial charge is 0.416 e. The highest BCUT2D eigenvalue weighted by Gasteiger charge is 2.30. The molecule has 1 aliphatic rings. The number of benzene rings is 2. The molecule has 2 aromatic rings. The molecule has 1 atom stereocenters. The summed E-state index contributed by atoms with van der Waals surface area (Å²) < 4.78 is 37.4. The van der Waals surface area contributed by atoms with Gasteiger partial charge < -0.3 is 5.32 Å². The van der Waals surface area contributed by atoms with Crippen LogP contribution in [0.3, 0.4) is 0 Å². The van der Waals surface area contributed by atoms with E-state index in [9.17, 15) is 13.2 Å². The molecule has 3 rings (SSSR count). The highest BCUT2D eigenvalue weighted by atomic mass is 32.2. The van der Waals surface area contributed by atoms with Gasteiger partial charge >= 0.3 is 6.18 Å². The Hall–Kier alpha value is -1.62. The number of nitrogens with one attached hydrogen (secondary N) is 1. The molecule has 5 heteroatoms. The molecule has 21 heavy (non-hydrogen) atoms. The second-order valence-electron chi connectivity index (χ2n) is 5.01. The van der Waals surface area contributed by atoms with Gasteiger partial charge in [-0.15, -0.1) is 11.8 Å². The summed E-state index contributed by atoms with van der Waals surface area (Å²) in [6.45, 7) is 0.741. The number of fused-ring (bicyclic) bond motifs is 1. The first-order chi connectivity index (χ1) is 10.0. The van der Waals surface area contributed by atoms with Crippen molar-refractivity contribution >= 4 is 17.4 Å². The molecule has 0 saturated carbocycles. The van der Waals surface area contributed by atoms with Gasteiger partial charge in [-0.2, -0.15) is 13.2 Å². The van der Waals surface area contributed by atoms with Crippen molar-refractivity contribution in [3.8, 4) is 0 Å². The van der Waals surface area contributed by atoms with Gasteiger partial charge in [0.05, 0.1) is 5.56 Å². The Morgan fingerprint density at radius 3 is 2.43 bits per heavy atom. The van der Waals surface area contributed by atoms with Crippen LogP contribution in [-0.4, -0.2) is 11.8 Å². The lowest BCUT2D eigenvalue weighted by Gasteiger charge is -2.12. The van der Waals surface area contributed by atoms with Crippen molar-refractivity contribution in [2.24, 2.45) is 0 Å². The first-order valence-corrected chi connectivity index (χ1v) is 7.56. The number of hydrogen-bond donors (Lipinski definition) is 1. The molecule has 0 aromatic heterocycles. The molecular formula is C16H14F3NS. The van der Waals surface area contributed by atoms with Gasteiger partial charge in [-0.25, -0.2) is 0 Å². The molecule has 1 nitrogen and oxygen atoms in total. The first-order valence-electron chi connectivity index (χ1n) is 6.68. The summed E-state index contributed by atoms with van der Waals surface area (Å²) in [4.78, 5) is 1.30. The van der Waals surface area contributed by atoms with E-state index in [2.05, 4.69) is 17.4 Å². The summed E-state index contributed by atoms with van der Waals surface area (Å²) in [5.41, 5.74) is 1.46. The van der Waals surface area contributed by atoms with Gasteiger partial charge in [-0.05, 0) is 42.3 Å². The van der Waals surface area contributed by atoms with Gasteiger partial charge in [0.1, 0.15) is 0 Å². The average Bonchev–Trinajstić information content (AvgIpc) is 2.87. The Labute approximate surface area is 125 Å². The lowest BCUT2D eigenvalue weighted by atomic mass is 10.1. The van der Waals surface area contributed by atoms with Gasteiger partial charge in [0.25, 0.3) is 0 Å². The monoisotopic (exact) mass is 309 g/mol. The zero-order valence-electron chi connectivity index (χ0n) is 11.2. The Balaban J connectivity index is 1.57. The van der Waals surface area contributed by atoms with E-state index in [4.69, 9.17) is 0 Å². The molecule has 1 unspecified atom stereocenters. The van der Waals surface area contributed by atoms with Crippen molar-refractivity contribution in [1.29, 1.82) is 0 Å². The molecule has 110 valence electrons. The fraction of sp³-hybridized carbons (Fsp3) is 0.250. The Morgan fingerprint density at radius 2 is 1.76 bits per heavy atom.